The van der Waals surface area contributed by atoms with E-state index >= 15 is 0 Å². The molecule has 0 aromatic carbocycles. The van der Waals surface area contributed by atoms with E-state index in [9.17, 15) is 4.79 Å². The summed E-state index contributed by atoms with van der Waals surface area (Å²) in [6.07, 6.45) is 4.39. The Balaban J connectivity index is 1.78. The molecule has 2 heterocycles. The predicted molar refractivity (Wildman–Crippen MR) is 72.0 cm³/mol. The van der Waals surface area contributed by atoms with Crippen LogP contribution in [0.4, 0.5) is 0 Å². The molecule has 18 heavy (non-hydrogen) atoms. The van der Waals surface area contributed by atoms with Gasteiger partial charge in [0.25, 0.3) is 5.91 Å². The van der Waals surface area contributed by atoms with Gasteiger partial charge in [-0.1, -0.05) is 13.3 Å². The number of rotatable bonds is 6. The molecule has 0 radical (unpaired) electrons. The lowest BCUT2D eigenvalue weighted by Gasteiger charge is -2.07. The predicted octanol–water partition coefficient (Wildman–Crippen LogP) is 2.25. The van der Waals surface area contributed by atoms with Crippen LogP contribution in [0.5, 0.6) is 0 Å². The van der Waals surface area contributed by atoms with Crippen molar-refractivity contribution in [1.29, 1.82) is 0 Å². The first-order valence-corrected chi connectivity index (χ1v) is 7.38. The largest absolute Gasteiger partial charge is 0.381 e. The first-order valence-electron chi connectivity index (χ1n) is 6.61. The van der Waals surface area contributed by atoms with Crippen molar-refractivity contribution in [1.82, 2.24) is 9.69 Å². The summed E-state index contributed by atoms with van der Waals surface area (Å²) in [4.78, 5) is 13.1. The van der Waals surface area contributed by atoms with Crippen LogP contribution in [-0.4, -0.2) is 30.0 Å². The summed E-state index contributed by atoms with van der Waals surface area (Å²) in [7, 11) is 0. The minimum absolute atomic E-state index is 0.0547. The van der Waals surface area contributed by atoms with Gasteiger partial charge in [0.05, 0.1) is 6.61 Å². The van der Waals surface area contributed by atoms with Crippen molar-refractivity contribution in [2.45, 2.75) is 32.6 Å². The number of carbonyl (C=O) groups excluding carboxylic acids is 1. The maximum Gasteiger partial charge on any atom is 0.271 e. The Morgan fingerprint density at radius 3 is 3.28 bits per heavy atom. The van der Waals surface area contributed by atoms with Crippen molar-refractivity contribution in [3.8, 4) is 0 Å². The highest BCUT2D eigenvalue weighted by atomic mass is 32.1. The van der Waals surface area contributed by atoms with E-state index in [-0.39, 0.29) is 5.91 Å². The molecule has 0 saturated carbocycles. The second-order valence-electron chi connectivity index (χ2n) is 4.72. The number of nitrogens with one attached hydrogen (secondary N) is 1. The standard InChI is InChI=1S/C13H20N2O2S/c1-2-3-4-11-7-12(15-18-11)13(16)14-8-10-5-6-17-9-10/h7,10H,2-6,8-9H2,1H3,(H,14,16). The van der Waals surface area contributed by atoms with Crippen molar-refractivity contribution in [3.05, 3.63) is 16.6 Å². The Labute approximate surface area is 112 Å². The molecule has 2 rings (SSSR count). The Hall–Kier alpha value is -0.940. The molecule has 1 aliphatic rings. The number of amides is 1. The van der Waals surface area contributed by atoms with Gasteiger partial charge >= 0.3 is 0 Å². The van der Waals surface area contributed by atoms with E-state index in [2.05, 4.69) is 16.6 Å². The van der Waals surface area contributed by atoms with Crippen molar-refractivity contribution >= 4 is 17.4 Å². The van der Waals surface area contributed by atoms with E-state index in [4.69, 9.17) is 4.74 Å². The third-order valence-electron chi connectivity index (χ3n) is 3.14. The van der Waals surface area contributed by atoms with E-state index in [1.165, 1.54) is 22.8 Å². The lowest BCUT2D eigenvalue weighted by Crippen LogP contribution is -2.29. The molecule has 0 bridgehead atoms. The van der Waals surface area contributed by atoms with Crippen LogP contribution >= 0.6 is 11.5 Å². The number of hydrogen-bond acceptors (Lipinski definition) is 4. The van der Waals surface area contributed by atoms with E-state index in [0.29, 0.717) is 18.2 Å². The average molecular weight is 268 g/mol. The van der Waals surface area contributed by atoms with Crippen molar-refractivity contribution < 1.29 is 9.53 Å². The molecule has 100 valence electrons. The van der Waals surface area contributed by atoms with Gasteiger partial charge in [-0.05, 0) is 36.9 Å². The van der Waals surface area contributed by atoms with E-state index < -0.39 is 0 Å². The zero-order valence-electron chi connectivity index (χ0n) is 10.8. The molecule has 1 amide bonds. The molecule has 1 aromatic rings. The molecule has 1 unspecified atom stereocenters. The van der Waals surface area contributed by atoms with Crippen LogP contribution in [0.15, 0.2) is 6.07 Å². The van der Waals surface area contributed by atoms with Crippen molar-refractivity contribution in [3.63, 3.8) is 0 Å². The molecule has 4 nitrogen and oxygen atoms in total. The van der Waals surface area contributed by atoms with Crippen molar-refractivity contribution in [2.75, 3.05) is 19.8 Å². The monoisotopic (exact) mass is 268 g/mol. The van der Waals surface area contributed by atoms with E-state index in [1.54, 1.807) is 0 Å². The molecule has 1 fully saturated rings. The number of nitrogens with zero attached hydrogens (tertiary/aromatic N) is 1. The van der Waals surface area contributed by atoms with Crippen LogP contribution in [-0.2, 0) is 11.2 Å². The van der Waals surface area contributed by atoms with Gasteiger partial charge in [-0.2, -0.15) is 4.37 Å². The van der Waals surface area contributed by atoms with Gasteiger partial charge in [0.2, 0.25) is 0 Å². The number of aromatic nitrogens is 1. The zero-order chi connectivity index (χ0) is 12.8. The summed E-state index contributed by atoms with van der Waals surface area (Å²) < 4.78 is 9.49. The van der Waals surface area contributed by atoms with Crippen LogP contribution in [0, 0.1) is 5.92 Å². The van der Waals surface area contributed by atoms with E-state index in [1.807, 2.05) is 6.07 Å². The van der Waals surface area contributed by atoms with Gasteiger partial charge in [-0.15, -0.1) is 0 Å². The highest BCUT2D eigenvalue weighted by molar-refractivity contribution is 7.05. The third-order valence-corrected chi connectivity index (χ3v) is 3.99. The van der Waals surface area contributed by atoms with Gasteiger partial charge in [-0.25, -0.2) is 0 Å². The fourth-order valence-electron chi connectivity index (χ4n) is 1.96. The van der Waals surface area contributed by atoms with Crippen LogP contribution in [0.25, 0.3) is 0 Å². The molecule has 5 heteroatoms. The molecule has 0 aliphatic carbocycles. The molecule has 1 N–H and O–H groups in total. The second kappa shape index (κ2) is 6.85. The average Bonchev–Trinajstić information content (AvgIpc) is 3.04. The second-order valence-corrected chi connectivity index (χ2v) is 5.61. The summed E-state index contributed by atoms with van der Waals surface area (Å²) in [6.45, 7) is 4.44. The Kier molecular flexibility index (Phi) is 5.13. The number of aryl methyl sites for hydroxylation is 1. The van der Waals surface area contributed by atoms with Crippen LogP contribution in [0.1, 0.15) is 41.6 Å². The van der Waals surface area contributed by atoms with Gasteiger partial charge in [0.15, 0.2) is 0 Å². The minimum Gasteiger partial charge on any atom is -0.381 e. The first-order chi connectivity index (χ1) is 8.79. The SMILES string of the molecule is CCCCc1cc(C(=O)NCC2CCOC2)ns1. The normalized spacial score (nSPS) is 19.1. The maximum absolute atomic E-state index is 11.9. The smallest absolute Gasteiger partial charge is 0.271 e. The topological polar surface area (TPSA) is 51.2 Å². The van der Waals surface area contributed by atoms with Crippen molar-refractivity contribution in [2.24, 2.45) is 5.92 Å². The molecule has 1 aromatic heterocycles. The molecule has 1 atom stereocenters. The summed E-state index contributed by atoms with van der Waals surface area (Å²) in [6, 6.07) is 1.92. The fraction of sp³-hybridized carbons (Fsp3) is 0.692. The molecular formula is C13H20N2O2S. The van der Waals surface area contributed by atoms with Crippen LogP contribution in [0.2, 0.25) is 0 Å². The van der Waals surface area contributed by atoms with Gasteiger partial charge in [-0.3, -0.25) is 4.79 Å². The Bertz CT molecular complexity index is 386. The van der Waals surface area contributed by atoms with Crippen LogP contribution < -0.4 is 5.32 Å². The van der Waals surface area contributed by atoms with Gasteiger partial charge in [0, 0.05) is 23.9 Å². The summed E-state index contributed by atoms with van der Waals surface area (Å²) in [5.74, 6) is 0.410. The van der Waals surface area contributed by atoms with Gasteiger partial charge < -0.3 is 10.1 Å². The summed E-state index contributed by atoms with van der Waals surface area (Å²) >= 11 is 1.44. The summed E-state index contributed by atoms with van der Waals surface area (Å²) in [5, 5.41) is 2.94. The highest BCUT2D eigenvalue weighted by Crippen LogP contribution is 2.14. The highest BCUT2D eigenvalue weighted by Gasteiger charge is 2.17. The zero-order valence-corrected chi connectivity index (χ0v) is 11.6. The number of ether oxygens (including phenoxy) is 1. The lowest BCUT2D eigenvalue weighted by atomic mass is 10.1. The number of carbonyl (C=O) groups is 1. The lowest BCUT2D eigenvalue weighted by molar-refractivity contribution is 0.0941. The van der Waals surface area contributed by atoms with E-state index in [0.717, 1.165) is 32.5 Å². The Morgan fingerprint density at radius 2 is 2.56 bits per heavy atom. The quantitative estimate of drug-likeness (QED) is 0.861. The molecular weight excluding hydrogens is 248 g/mol. The molecule has 1 aliphatic heterocycles. The summed E-state index contributed by atoms with van der Waals surface area (Å²) in [5.41, 5.74) is 0.560. The molecule has 0 spiro atoms. The minimum atomic E-state index is -0.0547. The maximum atomic E-state index is 11.9. The van der Waals surface area contributed by atoms with Gasteiger partial charge in [0.1, 0.15) is 5.69 Å². The fourth-order valence-corrected chi connectivity index (χ4v) is 2.71. The van der Waals surface area contributed by atoms with Crippen LogP contribution in [0.3, 0.4) is 0 Å². The Morgan fingerprint density at radius 1 is 1.67 bits per heavy atom. The third kappa shape index (κ3) is 3.78. The molecule has 1 saturated heterocycles. The first kappa shape index (κ1) is 13.5. The number of hydrogen-bond donors (Lipinski definition) is 1. The number of unbranched alkanes of at least 4 members (excludes halogenated alkanes) is 1.